The predicted octanol–water partition coefficient (Wildman–Crippen LogP) is 3.98. The SMILES string of the molecule is CC1=CP(=O)(Cc2ccccc2)C=C1. The molecule has 1 aromatic rings. The first-order valence-corrected chi connectivity index (χ1v) is 6.72. The van der Waals surface area contributed by atoms with Crippen LogP contribution < -0.4 is 0 Å². The van der Waals surface area contributed by atoms with Crippen LogP contribution in [0.3, 0.4) is 0 Å². The Balaban J connectivity index is 2.21. The summed E-state index contributed by atoms with van der Waals surface area (Å²) in [5.74, 6) is 3.76. The normalized spacial score (nSPS) is 25.1. The van der Waals surface area contributed by atoms with E-state index in [2.05, 4.69) is 0 Å². The second-order valence-corrected chi connectivity index (χ2v) is 6.27. The van der Waals surface area contributed by atoms with Gasteiger partial charge in [0.05, 0.1) is 0 Å². The maximum atomic E-state index is 12.2. The quantitative estimate of drug-likeness (QED) is 0.666. The van der Waals surface area contributed by atoms with Crippen molar-refractivity contribution in [3.05, 3.63) is 59.2 Å². The lowest BCUT2D eigenvalue weighted by atomic mass is 10.2. The van der Waals surface area contributed by atoms with Gasteiger partial charge in [-0.2, -0.15) is 0 Å². The van der Waals surface area contributed by atoms with Gasteiger partial charge in [0.1, 0.15) is 7.14 Å². The van der Waals surface area contributed by atoms with Gasteiger partial charge in [0.25, 0.3) is 0 Å². The van der Waals surface area contributed by atoms with Crippen LogP contribution in [0.25, 0.3) is 0 Å². The van der Waals surface area contributed by atoms with Crippen LogP contribution in [-0.2, 0) is 10.7 Å². The first kappa shape index (κ1) is 9.48. The molecule has 0 bridgehead atoms. The minimum atomic E-state index is -2.19. The minimum absolute atomic E-state index is 0.654. The molecule has 0 radical (unpaired) electrons. The van der Waals surface area contributed by atoms with Crippen molar-refractivity contribution in [1.29, 1.82) is 0 Å². The van der Waals surface area contributed by atoms with E-state index in [1.54, 1.807) is 0 Å². The number of hydrogen-bond acceptors (Lipinski definition) is 1. The molecule has 14 heavy (non-hydrogen) atoms. The zero-order valence-electron chi connectivity index (χ0n) is 8.18. The van der Waals surface area contributed by atoms with E-state index in [1.807, 2.05) is 55.0 Å². The van der Waals surface area contributed by atoms with Gasteiger partial charge >= 0.3 is 0 Å². The third-order valence-corrected chi connectivity index (χ3v) is 4.64. The van der Waals surface area contributed by atoms with Gasteiger partial charge in [0.2, 0.25) is 0 Å². The fourth-order valence-corrected chi connectivity index (χ4v) is 3.97. The van der Waals surface area contributed by atoms with Gasteiger partial charge in [-0.05, 0) is 29.7 Å². The molecule has 1 atom stereocenters. The second kappa shape index (κ2) is 3.59. The summed E-state index contributed by atoms with van der Waals surface area (Å²) in [4.78, 5) is 0. The number of rotatable bonds is 2. The van der Waals surface area contributed by atoms with Crippen molar-refractivity contribution < 1.29 is 4.57 Å². The van der Waals surface area contributed by atoms with Gasteiger partial charge in [-0.15, -0.1) is 0 Å². The Hall–Kier alpha value is -1.07. The summed E-state index contributed by atoms with van der Waals surface area (Å²) in [5.41, 5.74) is 2.26. The molecule has 0 aliphatic carbocycles. The van der Waals surface area contributed by atoms with E-state index in [4.69, 9.17) is 0 Å². The summed E-state index contributed by atoms with van der Waals surface area (Å²) in [6.45, 7) is 1.99. The Morgan fingerprint density at radius 3 is 2.50 bits per heavy atom. The monoisotopic (exact) mass is 204 g/mol. The summed E-state index contributed by atoms with van der Waals surface area (Å²) in [6, 6.07) is 9.99. The molecular weight excluding hydrogens is 191 g/mol. The van der Waals surface area contributed by atoms with Crippen molar-refractivity contribution in [3.63, 3.8) is 0 Å². The topological polar surface area (TPSA) is 17.1 Å². The van der Waals surface area contributed by atoms with Gasteiger partial charge in [-0.3, -0.25) is 0 Å². The molecule has 1 aromatic carbocycles. The highest BCUT2D eigenvalue weighted by Crippen LogP contribution is 2.56. The molecule has 2 heteroatoms. The Labute approximate surface area is 84.5 Å². The molecule has 0 N–H and O–H groups in total. The van der Waals surface area contributed by atoms with E-state index in [1.165, 1.54) is 0 Å². The van der Waals surface area contributed by atoms with Crippen molar-refractivity contribution in [1.82, 2.24) is 0 Å². The van der Waals surface area contributed by atoms with Gasteiger partial charge in [-0.25, -0.2) is 0 Å². The third-order valence-electron chi connectivity index (χ3n) is 2.28. The fraction of sp³-hybridized carbons (Fsp3) is 0.167. The highest BCUT2D eigenvalue weighted by molar-refractivity contribution is 7.69. The zero-order chi connectivity index (χ0) is 10.0. The standard InChI is InChI=1S/C12H13OP/c1-11-7-8-14(13,9-11)10-12-5-3-2-4-6-12/h2-9H,10H2,1H3. The Kier molecular flexibility index (Phi) is 2.43. The first-order valence-electron chi connectivity index (χ1n) is 4.69. The van der Waals surface area contributed by atoms with Crippen LogP contribution in [0.15, 0.2) is 53.6 Å². The van der Waals surface area contributed by atoms with E-state index in [0.29, 0.717) is 6.16 Å². The Morgan fingerprint density at radius 1 is 1.21 bits per heavy atom. The van der Waals surface area contributed by atoms with Crippen LogP contribution in [0.4, 0.5) is 0 Å². The van der Waals surface area contributed by atoms with Crippen molar-refractivity contribution in [2.45, 2.75) is 13.1 Å². The smallest absolute Gasteiger partial charge is 0.133 e. The molecule has 1 nitrogen and oxygen atoms in total. The third kappa shape index (κ3) is 2.05. The molecule has 0 saturated carbocycles. The Morgan fingerprint density at radius 2 is 1.93 bits per heavy atom. The van der Waals surface area contributed by atoms with Crippen LogP contribution in [0, 0.1) is 0 Å². The highest BCUT2D eigenvalue weighted by Gasteiger charge is 2.19. The summed E-state index contributed by atoms with van der Waals surface area (Å²) in [5, 5.41) is 0. The molecule has 0 saturated heterocycles. The lowest BCUT2D eigenvalue weighted by Gasteiger charge is -2.06. The Bertz CT molecular complexity index is 429. The van der Waals surface area contributed by atoms with Crippen molar-refractivity contribution in [2.75, 3.05) is 0 Å². The maximum Gasteiger partial charge on any atom is 0.133 e. The molecule has 72 valence electrons. The van der Waals surface area contributed by atoms with E-state index in [-0.39, 0.29) is 0 Å². The van der Waals surface area contributed by atoms with E-state index < -0.39 is 7.14 Å². The predicted molar refractivity (Wildman–Crippen MR) is 60.6 cm³/mol. The minimum Gasteiger partial charge on any atom is -0.315 e. The summed E-state index contributed by atoms with van der Waals surface area (Å²) < 4.78 is 12.2. The lowest BCUT2D eigenvalue weighted by Crippen LogP contribution is -1.81. The summed E-state index contributed by atoms with van der Waals surface area (Å²) in [6.07, 6.45) is 2.60. The largest absolute Gasteiger partial charge is 0.315 e. The van der Waals surface area contributed by atoms with Gasteiger partial charge in [0.15, 0.2) is 0 Å². The van der Waals surface area contributed by atoms with Gasteiger partial charge in [-0.1, -0.05) is 36.4 Å². The maximum absolute atomic E-state index is 12.2. The number of allylic oxidation sites excluding steroid dienone is 2. The average Bonchev–Trinajstić information content (AvgIpc) is 2.47. The van der Waals surface area contributed by atoms with E-state index >= 15 is 0 Å². The molecule has 1 aliphatic rings. The van der Waals surface area contributed by atoms with Crippen molar-refractivity contribution >= 4 is 7.14 Å². The second-order valence-electron chi connectivity index (χ2n) is 3.69. The first-order chi connectivity index (χ1) is 6.68. The summed E-state index contributed by atoms with van der Waals surface area (Å²) in [7, 11) is -2.19. The number of hydrogen-bond donors (Lipinski definition) is 0. The molecular formula is C12H13OP. The highest BCUT2D eigenvalue weighted by atomic mass is 31.2. The van der Waals surface area contributed by atoms with Crippen LogP contribution in [0.5, 0.6) is 0 Å². The summed E-state index contributed by atoms with van der Waals surface area (Å²) >= 11 is 0. The molecule has 1 unspecified atom stereocenters. The van der Waals surface area contributed by atoms with Crippen molar-refractivity contribution in [3.8, 4) is 0 Å². The molecule has 0 fully saturated rings. The zero-order valence-corrected chi connectivity index (χ0v) is 9.08. The van der Waals surface area contributed by atoms with Crippen LogP contribution in [-0.4, -0.2) is 0 Å². The van der Waals surface area contributed by atoms with E-state index in [9.17, 15) is 4.57 Å². The molecule has 0 amide bonds. The van der Waals surface area contributed by atoms with Gasteiger partial charge < -0.3 is 4.57 Å². The molecule has 1 aliphatic heterocycles. The van der Waals surface area contributed by atoms with Crippen molar-refractivity contribution in [2.24, 2.45) is 0 Å². The average molecular weight is 204 g/mol. The molecule has 2 rings (SSSR count). The fourth-order valence-electron chi connectivity index (χ4n) is 1.64. The van der Waals surface area contributed by atoms with Crippen LogP contribution >= 0.6 is 7.14 Å². The van der Waals surface area contributed by atoms with Crippen LogP contribution in [0.1, 0.15) is 12.5 Å². The molecule has 1 heterocycles. The lowest BCUT2D eigenvalue weighted by molar-refractivity contribution is 0.586. The van der Waals surface area contributed by atoms with E-state index in [0.717, 1.165) is 11.1 Å². The number of benzene rings is 1. The molecule has 0 spiro atoms. The molecule has 0 aromatic heterocycles. The van der Waals surface area contributed by atoms with Gasteiger partial charge in [0, 0.05) is 6.16 Å². The van der Waals surface area contributed by atoms with Crippen LogP contribution in [0.2, 0.25) is 0 Å².